The molecular formula is C46H38N4. The molecule has 0 amide bonds. The summed E-state index contributed by atoms with van der Waals surface area (Å²) in [5.41, 5.74) is 11.1. The Balaban J connectivity index is 1.57. The highest BCUT2D eigenvalue weighted by Gasteiger charge is 2.26. The normalized spacial score (nSPS) is 12.2. The number of para-hydroxylation sites is 2. The number of nitriles is 1. The molecule has 0 bridgehead atoms. The number of benzene rings is 6. The maximum atomic E-state index is 9.90. The number of hydrogen-bond acceptors (Lipinski definition) is 1. The van der Waals surface area contributed by atoms with Gasteiger partial charge in [0.05, 0.1) is 51.6 Å². The highest BCUT2D eigenvalue weighted by atomic mass is 15.1. The molecule has 0 aliphatic heterocycles. The first-order valence-electron chi connectivity index (χ1n) is 17.1. The number of rotatable bonds is 3. The molecule has 0 atom stereocenters. The average Bonchev–Trinajstić information content (AvgIpc) is 3.62. The van der Waals surface area contributed by atoms with Gasteiger partial charge in [0.2, 0.25) is 5.69 Å². The van der Waals surface area contributed by atoms with E-state index in [1.807, 2.05) is 24.3 Å². The third-order valence-electron chi connectivity index (χ3n) is 10.1. The topological polar surface area (TPSA) is 38.0 Å². The Labute approximate surface area is 293 Å². The van der Waals surface area contributed by atoms with E-state index in [2.05, 4.69) is 159 Å². The van der Waals surface area contributed by atoms with Crippen LogP contribution in [0.5, 0.6) is 0 Å². The molecule has 4 nitrogen and oxygen atoms in total. The van der Waals surface area contributed by atoms with E-state index in [0.717, 1.165) is 66.1 Å². The minimum Gasteiger partial charge on any atom is -0.319 e. The molecule has 2 heterocycles. The smallest absolute Gasteiger partial charge is 0.234 e. The van der Waals surface area contributed by atoms with E-state index in [1.165, 1.54) is 11.1 Å². The van der Waals surface area contributed by atoms with Gasteiger partial charge in [-0.05, 0) is 75.5 Å². The lowest BCUT2D eigenvalue weighted by atomic mass is 9.86. The van der Waals surface area contributed by atoms with E-state index in [1.54, 1.807) is 0 Å². The minimum atomic E-state index is -0.0718. The van der Waals surface area contributed by atoms with Gasteiger partial charge in [-0.15, -0.1) is 0 Å². The monoisotopic (exact) mass is 646 g/mol. The van der Waals surface area contributed by atoms with Gasteiger partial charge in [0.15, 0.2) is 0 Å². The Morgan fingerprint density at radius 1 is 0.560 bits per heavy atom. The van der Waals surface area contributed by atoms with Crippen LogP contribution in [0.4, 0.5) is 5.69 Å². The summed E-state index contributed by atoms with van der Waals surface area (Å²) in [7, 11) is 0. The largest absolute Gasteiger partial charge is 0.319 e. The summed E-state index contributed by atoms with van der Waals surface area (Å²) < 4.78 is 4.57. The quantitative estimate of drug-likeness (QED) is 0.176. The van der Waals surface area contributed by atoms with Gasteiger partial charge in [-0.2, -0.15) is 5.26 Å². The first kappa shape index (κ1) is 31.2. The number of nitrogens with zero attached hydrogens (tertiary/aromatic N) is 4. The van der Waals surface area contributed by atoms with Crippen LogP contribution in [0, 0.1) is 17.9 Å². The van der Waals surface area contributed by atoms with Crippen molar-refractivity contribution in [2.75, 3.05) is 0 Å². The van der Waals surface area contributed by atoms with Crippen LogP contribution in [-0.2, 0) is 10.8 Å². The second-order valence-electron chi connectivity index (χ2n) is 15.3. The van der Waals surface area contributed by atoms with E-state index >= 15 is 0 Å². The maximum Gasteiger partial charge on any atom is 0.234 e. The Morgan fingerprint density at radius 2 is 1.10 bits per heavy atom. The molecular weight excluding hydrogens is 609 g/mol. The number of hydrogen-bond donors (Lipinski definition) is 0. The van der Waals surface area contributed by atoms with Crippen molar-refractivity contribution < 1.29 is 0 Å². The van der Waals surface area contributed by atoms with Crippen molar-refractivity contribution in [1.82, 2.24) is 9.13 Å². The van der Waals surface area contributed by atoms with Crippen LogP contribution in [0.2, 0.25) is 0 Å². The molecule has 0 unspecified atom stereocenters. The van der Waals surface area contributed by atoms with Crippen LogP contribution in [0.25, 0.3) is 71.0 Å². The van der Waals surface area contributed by atoms with Gasteiger partial charge < -0.3 is 9.13 Å². The maximum absolute atomic E-state index is 9.90. The van der Waals surface area contributed by atoms with Gasteiger partial charge >= 0.3 is 0 Å². The lowest BCUT2D eigenvalue weighted by Gasteiger charge is -2.22. The van der Waals surface area contributed by atoms with Gasteiger partial charge in [0.1, 0.15) is 0 Å². The zero-order valence-corrected chi connectivity index (χ0v) is 29.3. The number of fused-ring (bicyclic) bond motifs is 6. The molecule has 0 N–H and O–H groups in total. The molecule has 50 heavy (non-hydrogen) atoms. The van der Waals surface area contributed by atoms with E-state index in [4.69, 9.17) is 6.57 Å². The molecule has 0 aliphatic carbocycles. The van der Waals surface area contributed by atoms with Crippen LogP contribution in [0.3, 0.4) is 0 Å². The molecule has 6 aromatic carbocycles. The summed E-state index contributed by atoms with van der Waals surface area (Å²) >= 11 is 0. The first-order valence-corrected chi connectivity index (χ1v) is 17.1. The van der Waals surface area contributed by atoms with Crippen molar-refractivity contribution in [3.8, 4) is 28.6 Å². The molecule has 4 heteroatoms. The van der Waals surface area contributed by atoms with E-state index in [9.17, 15) is 5.26 Å². The average molecular weight is 647 g/mol. The first-order chi connectivity index (χ1) is 24.0. The molecule has 0 saturated carbocycles. The fraction of sp³-hybridized carbons (Fsp3) is 0.174. The third kappa shape index (κ3) is 4.80. The van der Waals surface area contributed by atoms with Crippen LogP contribution in [0.15, 0.2) is 121 Å². The molecule has 2 aromatic heterocycles. The summed E-state index contributed by atoms with van der Waals surface area (Å²) in [5, 5.41) is 14.5. The van der Waals surface area contributed by atoms with Gasteiger partial charge in [-0.3, -0.25) is 0 Å². The molecule has 0 aliphatic rings. The molecule has 8 rings (SSSR count). The highest BCUT2D eigenvalue weighted by Crippen LogP contribution is 2.46. The minimum absolute atomic E-state index is 0.0490. The second kappa shape index (κ2) is 11.2. The second-order valence-corrected chi connectivity index (χ2v) is 15.3. The van der Waals surface area contributed by atoms with E-state index in [-0.39, 0.29) is 10.8 Å². The predicted octanol–water partition coefficient (Wildman–Crippen LogP) is 12.6. The highest BCUT2D eigenvalue weighted by molar-refractivity contribution is 6.12. The Kier molecular flexibility index (Phi) is 7.00. The van der Waals surface area contributed by atoms with Gasteiger partial charge in [0.25, 0.3) is 0 Å². The zero-order valence-electron chi connectivity index (χ0n) is 29.3. The Hall–Kier alpha value is -6.10. The predicted molar refractivity (Wildman–Crippen MR) is 209 cm³/mol. The van der Waals surface area contributed by atoms with Crippen molar-refractivity contribution >= 4 is 49.3 Å². The SMILES string of the molecule is [C-]#[N+]c1c(-n2c3ccccc3c3ccc(C(C)(C)C)cc32)ccc(-c2cccc(C#N)c2)c1-n1c2ccccc2c2ccc(C(C)(C)C)cc21. The lowest BCUT2D eigenvalue weighted by molar-refractivity contribution is 0.590. The summed E-state index contributed by atoms with van der Waals surface area (Å²) in [5.74, 6) is 0. The van der Waals surface area contributed by atoms with Gasteiger partial charge in [-0.25, -0.2) is 4.85 Å². The molecule has 0 spiro atoms. The Bertz CT molecular complexity index is 2740. The molecule has 0 radical (unpaired) electrons. The standard InChI is InChI=1S/C46H38N4/c1-45(2,3)31-19-21-36-34-15-8-10-17-38(34)49(41(36)26-31)40-24-23-33(30-14-12-13-29(25-30)28-47)44(43(40)48-7)50-39-18-11-9-16-35(39)37-22-20-32(27-42(37)50)46(4,5)6/h8-27H,1-6H3. The fourth-order valence-electron chi connectivity index (χ4n) is 7.45. The molecule has 8 aromatic rings. The molecule has 0 fully saturated rings. The van der Waals surface area contributed by atoms with Crippen LogP contribution < -0.4 is 0 Å². The summed E-state index contributed by atoms with van der Waals surface area (Å²) in [6, 6.07) is 44.7. The van der Waals surface area contributed by atoms with E-state index in [0.29, 0.717) is 11.3 Å². The van der Waals surface area contributed by atoms with Gasteiger partial charge in [0, 0.05) is 21.5 Å². The van der Waals surface area contributed by atoms with E-state index < -0.39 is 0 Å². The molecule has 0 saturated heterocycles. The number of aromatic nitrogens is 2. The summed E-state index contributed by atoms with van der Waals surface area (Å²) in [6.45, 7) is 22.3. The van der Waals surface area contributed by atoms with Crippen molar-refractivity contribution in [2.24, 2.45) is 0 Å². The van der Waals surface area contributed by atoms with Crippen LogP contribution in [-0.4, -0.2) is 9.13 Å². The molecule has 242 valence electrons. The summed E-state index contributed by atoms with van der Waals surface area (Å²) in [4.78, 5) is 4.42. The summed E-state index contributed by atoms with van der Waals surface area (Å²) in [6.07, 6.45) is 0. The Morgan fingerprint density at radius 3 is 1.66 bits per heavy atom. The fourth-order valence-corrected chi connectivity index (χ4v) is 7.45. The van der Waals surface area contributed by atoms with Crippen LogP contribution in [0.1, 0.15) is 58.2 Å². The van der Waals surface area contributed by atoms with Crippen LogP contribution >= 0.6 is 0 Å². The van der Waals surface area contributed by atoms with Crippen molar-refractivity contribution in [2.45, 2.75) is 52.4 Å². The zero-order chi connectivity index (χ0) is 34.9. The van der Waals surface area contributed by atoms with Crippen molar-refractivity contribution in [3.05, 3.63) is 149 Å². The van der Waals surface area contributed by atoms with Gasteiger partial charge in [-0.1, -0.05) is 120 Å². The third-order valence-corrected chi connectivity index (χ3v) is 10.1. The lowest BCUT2D eigenvalue weighted by Crippen LogP contribution is -2.11. The van der Waals surface area contributed by atoms with Crippen molar-refractivity contribution in [3.63, 3.8) is 0 Å². The van der Waals surface area contributed by atoms with Crippen molar-refractivity contribution in [1.29, 1.82) is 5.26 Å².